The summed E-state index contributed by atoms with van der Waals surface area (Å²) in [6.07, 6.45) is 3.11. The van der Waals surface area contributed by atoms with Crippen molar-refractivity contribution in [2.24, 2.45) is 5.92 Å². The molecule has 2 N–H and O–H groups in total. The normalized spacial score (nSPS) is 14.2. The highest BCUT2D eigenvalue weighted by Crippen LogP contribution is 2.27. The van der Waals surface area contributed by atoms with E-state index >= 15 is 0 Å². The molecule has 0 bridgehead atoms. The van der Waals surface area contributed by atoms with Crippen LogP contribution < -0.4 is 15.4 Å². The van der Waals surface area contributed by atoms with Crippen LogP contribution in [0.5, 0.6) is 5.75 Å². The Balaban J connectivity index is 1.80. The second-order valence-corrected chi connectivity index (χ2v) is 4.88. The van der Waals surface area contributed by atoms with Gasteiger partial charge in [0.15, 0.2) is 6.61 Å². The van der Waals surface area contributed by atoms with Gasteiger partial charge in [0.05, 0.1) is 0 Å². The van der Waals surface area contributed by atoms with Crippen molar-refractivity contribution in [1.82, 2.24) is 5.32 Å². The molecule has 0 spiro atoms. The first-order valence-corrected chi connectivity index (χ1v) is 6.99. The number of rotatable bonds is 6. The van der Waals surface area contributed by atoms with Gasteiger partial charge in [-0.05, 0) is 44.0 Å². The number of nitrogens with one attached hydrogen (secondary N) is 2. The highest BCUT2D eigenvalue weighted by molar-refractivity contribution is 5.93. The fraction of sp³-hybridized carbons (Fsp3) is 0.467. The molecule has 1 saturated carbocycles. The number of benzene rings is 1. The van der Waals surface area contributed by atoms with Gasteiger partial charge in [0.25, 0.3) is 5.91 Å². The standard InChI is InChI=1S/C15H20N2O3/c1-2-16-14(18)10-20-13-8-6-12(7-9-13)17-15(19)11-4-3-5-11/h6-9,11H,2-5,10H2,1H3,(H,16,18)(H,17,19). The van der Waals surface area contributed by atoms with Gasteiger partial charge >= 0.3 is 0 Å². The summed E-state index contributed by atoms with van der Waals surface area (Å²) in [5.74, 6) is 0.726. The molecule has 5 heteroatoms. The van der Waals surface area contributed by atoms with E-state index in [0.717, 1.165) is 24.9 Å². The summed E-state index contributed by atoms with van der Waals surface area (Å²) in [5, 5.41) is 5.54. The SMILES string of the molecule is CCNC(=O)COc1ccc(NC(=O)C2CCC2)cc1. The van der Waals surface area contributed by atoms with Crippen molar-refractivity contribution in [2.45, 2.75) is 26.2 Å². The van der Waals surface area contributed by atoms with Crippen LogP contribution >= 0.6 is 0 Å². The van der Waals surface area contributed by atoms with Gasteiger partial charge in [0.2, 0.25) is 5.91 Å². The quantitative estimate of drug-likeness (QED) is 0.834. The van der Waals surface area contributed by atoms with Crippen LogP contribution in [-0.4, -0.2) is 25.0 Å². The van der Waals surface area contributed by atoms with Gasteiger partial charge in [-0.3, -0.25) is 9.59 Å². The Bertz CT molecular complexity index is 467. The van der Waals surface area contributed by atoms with Gasteiger partial charge in [-0.25, -0.2) is 0 Å². The molecule has 0 heterocycles. The Hall–Kier alpha value is -2.04. The van der Waals surface area contributed by atoms with Gasteiger partial charge in [0, 0.05) is 18.2 Å². The van der Waals surface area contributed by atoms with Crippen molar-refractivity contribution in [1.29, 1.82) is 0 Å². The van der Waals surface area contributed by atoms with Crippen LogP contribution in [0.1, 0.15) is 26.2 Å². The van der Waals surface area contributed by atoms with Crippen LogP contribution in [0.3, 0.4) is 0 Å². The van der Waals surface area contributed by atoms with Crippen LogP contribution in [0, 0.1) is 5.92 Å². The molecule has 1 aliphatic rings. The minimum Gasteiger partial charge on any atom is -0.484 e. The minimum atomic E-state index is -0.144. The summed E-state index contributed by atoms with van der Waals surface area (Å²) in [4.78, 5) is 23.0. The molecular weight excluding hydrogens is 256 g/mol. The fourth-order valence-electron chi connectivity index (χ4n) is 1.95. The van der Waals surface area contributed by atoms with Crippen molar-refractivity contribution in [3.63, 3.8) is 0 Å². The summed E-state index contributed by atoms with van der Waals surface area (Å²) < 4.78 is 5.34. The average molecular weight is 276 g/mol. The van der Waals surface area contributed by atoms with E-state index in [-0.39, 0.29) is 24.3 Å². The number of hydrogen-bond acceptors (Lipinski definition) is 3. The summed E-state index contributed by atoms with van der Waals surface area (Å²) in [6.45, 7) is 2.45. The number of carbonyl (C=O) groups is 2. The molecule has 108 valence electrons. The van der Waals surface area contributed by atoms with E-state index in [9.17, 15) is 9.59 Å². The number of likely N-dealkylation sites (N-methyl/N-ethyl adjacent to an activating group) is 1. The fourth-order valence-corrected chi connectivity index (χ4v) is 1.95. The maximum absolute atomic E-state index is 11.8. The lowest BCUT2D eigenvalue weighted by molar-refractivity contribution is -0.123. The second kappa shape index (κ2) is 6.93. The summed E-state index contributed by atoms with van der Waals surface area (Å²) >= 11 is 0. The molecule has 0 atom stereocenters. The van der Waals surface area contributed by atoms with Crippen LogP contribution in [0.15, 0.2) is 24.3 Å². The first-order chi connectivity index (χ1) is 9.69. The first-order valence-electron chi connectivity index (χ1n) is 6.99. The molecule has 2 rings (SSSR count). The van der Waals surface area contributed by atoms with E-state index in [1.165, 1.54) is 0 Å². The van der Waals surface area contributed by atoms with Crippen LogP contribution in [0.25, 0.3) is 0 Å². The molecule has 0 saturated heterocycles. The van der Waals surface area contributed by atoms with Gasteiger partial charge in [-0.15, -0.1) is 0 Å². The first kappa shape index (κ1) is 14.4. The highest BCUT2D eigenvalue weighted by atomic mass is 16.5. The Morgan fingerprint density at radius 2 is 1.95 bits per heavy atom. The Morgan fingerprint density at radius 3 is 2.50 bits per heavy atom. The predicted octanol–water partition coefficient (Wildman–Crippen LogP) is 1.94. The average Bonchev–Trinajstić information content (AvgIpc) is 2.36. The van der Waals surface area contributed by atoms with E-state index in [0.29, 0.717) is 12.3 Å². The number of ether oxygens (including phenoxy) is 1. The third kappa shape index (κ3) is 3.98. The van der Waals surface area contributed by atoms with E-state index in [2.05, 4.69) is 10.6 Å². The molecule has 1 aromatic carbocycles. The Kier molecular flexibility index (Phi) is 4.98. The molecule has 5 nitrogen and oxygen atoms in total. The molecular formula is C15H20N2O3. The smallest absolute Gasteiger partial charge is 0.257 e. The third-order valence-corrected chi connectivity index (χ3v) is 3.34. The van der Waals surface area contributed by atoms with Crippen molar-refractivity contribution in [2.75, 3.05) is 18.5 Å². The van der Waals surface area contributed by atoms with E-state index in [1.807, 2.05) is 6.92 Å². The molecule has 0 aromatic heterocycles. The number of carbonyl (C=O) groups excluding carboxylic acids is 2. The van der Waals surface area contributed by atoms with Crippen LogP contribution in [0.4, 0.5) is 5.69 Å². The minimum absolute atomic E-state index is 0.00161. The van der Waals surface area contributed by atoms with Gasteiger partial charge in [-0.1, -0.05) is 6.42 Å². The number of amides is 2. The summed E-state index contributed by atoms with van der Waals surface area (Å²) in [5.41, 5.74) is 0.757. The van der Waals surface area contributed by atoms with Crippen LogP contribution in [-0.2, 0) is 9.59 Å². The molecule has 0 radical (unpaired) electrons. The maximum atomic E-state index is 11.8. The number of anilines is 1. The molecule has 0 aliphatic heterocycles. The molecule has 0 unspecified atom stereocenters. The lowest BCUT2D eigenvalue weighted by Gasteiger charge is -2.24. The predicted molar refractivity (Wildman–Crippen MR) is 76.6 cm³/mol. The largest absolute Gasteiger partial charge is 0.484 e. The topological polar surface area (TPSA) is 67.4 Å². The van der Waals surface area contributed by atoms with Crippen LogP contribution in [0.2, 0.25) is 0 Å². The molecule has 1 fully saturated rings. The van der Waals surface area contributed by atoms with E-state index in [1.54, 1.807) is 24.3 Å². The Labute approximate surface area is 118 Å². The van der Waals surface area contributed by atoms with Crippen molar-refractivity contribution in [3.05, 3.63) is 24.3 Å². The molecule has 1 aliphatic carbocycles. The second-order valence-electron chi connectivity index (χ2n) is 4.88. The zero-order chi connectivity index (χ0) is 14.4. The molecule has 20 heavy (non-hydrogen) atoms. The number of hydrogen-bond donors (Lipinski definition) is 2. The maximum Gasteiger partial charge on any atom is 0.257 e. The van der Waals surface area contributed by atoms with Crippen molar-refractivity contribution in [3.8, 4) is 5.75 Å². The molecule has 2 amide bonds. The zero-order valence-electron chi connectivity index (χ0n) is 11.6. The van der Waals surface area contributed by atoms with Crippen molar-refractivity contribution >= 4 is 17.5 Å². The lowest BCUT2D eigenvalue weighted by atomic mass is 9.85. The highest BCUT2D eigenvalue weighted by Gasteiger charge is 2.24. The van der Waals surface area contributed by atoms with Gasteiger partial charge in [0.1, 0.15) is 5.75 Å². The van der Waals surface area contributed by atoms with Crippen molar-refractivity contribution < 1.29 is 14.3 Å². The molecule has 1 aromatic rings. The Morgan fingerprint density at radius 1 is 1.25 bits per heavy atom. The van der Waals surface area contributed by atoms with E-state index < -0.39 is 0 Å². The monoisotopic (exact) mass is 276 g/mol. The summed E-state index contributed by atoms with van der Waals surface area (Å²) in [7, 11) is 0. The summed E-state index contributed by atoms with van der Waals surface area (Å²) in [6, 6.07) is 7.05. The van der Waals surface area contributed by atoms with Gasteiger partial charge < -0.3 is 15.4 Å². The van der Waals surface area contributed by atoms with E-state index in [4.69, 9.17) is 4.74 Å². The van der Waals surface area contributed by atoms with Gasteiger partial charge in [-0.2, -0.15) is 0 Å². The lowest BCUT2D eigenvalue weighted by Crippen LogP contribution is -2.28. The zero-order valence-corrected chi connectivity index (χ0v) is 11.6. The third-order valence-electron chi connectivity index (χ3n) is 3.34.